The first kappa shape index (κ1) is 19.1. The number of benzene rings is 1. The zero-order valence-corrected chi connectivity index (χ0v) is 17.4. The van der Waals surface area contributed by atoms with Gasteiger partial charge in [-0.25, -0.2) is 4.98 Å². The summed E-state index contributed by atoms with van der Waals surface area (Å²) in [6, 6.07) is 6.02. The molecule has 2 aromatic heterocycles. The summed E-state index contributed by atoms with van der Waals surface area (Å²) in [6.07, 6.45) is 6.19. The summed E-state index contributed by atoms with van der Waals surface area (Å²) >= 11 is 0. The number of aryl methyl sites for hydroxylation is 2. The molecule has 5 rings (SSSR count). The van der Waals surface area contributed by atoms with Gasteiger partial charge in [0.25, 0.3) is 0 Å². The van der Waals surface area contributed by atoms with Gasteiger partial charge in [-0.2, -0.15) is 0 Å². The molecular weight excluding hydrogens is 380 g/mol. The molecule has 2 aliphatic rings. The largest absolute Gasteiger partial charge is 0.492 e. The Balaban J connectivity index is 1.30. The lowest BCUT2D eigenvalue weighted by Crippen LogP contribution is -2.38. The van der Waals surface area contributed by atoms with Crippen molar-refractivity contribution in [2.45, 2.75) is 13.8 Å². The molecule has 156 valence electrons. The number of nitrogens with zero attached hydrogens (tertiary/aromatic N) is 4. The molecular formula is C23H26N4O3. The topological polar surface area (TPSA) is 61.1 Å². The van der Waals surface area contributed by atoms with Crippen LogP contribution in [0.3, 0.4) is 0 Å². The second-order valence-corrected chi connectivity index (χ2v) is 7.79. The number of ether oxygens (including phenoxy) is 3. The second-order valence-electron chi connectivity index (χ2n) is 7.79. The lowest BCUT2D eigenvalue weighted by atomic mass is 10.1. The monoisotopic (exact) mass is 406 g/mol. The highest BCUT2D eigenvalue weighted by atomic mass is 16.5. The molecule has 0 atom stereocenters. The number of rotatable bonds is 5. The minimum atomic E-state index is 0.486. The molecule has 0 spiro atoms. The number of fused-ring (bicyclic) bond motifs is 2. The molecule has 7 heteroatoms. The van der Waals surface area contributed by atoms with Crippen molar-refractivity contribution in [2.24, 2.45) is 0 Å². The molecule has 1 aromatic carbocycles. The minimum absolute atomic E-state index is 0.486. The summed E-state index contributed by atoms with van der Waals surface area (Å²) in [5.41, 5.74) is 5.81. The standard InChI is InChI=1S/C23H26N4O3/c1-16-13-27-14-21(25-23(27)17(2)24-16)19-11-18-3-4-20(12-22(18)30-15-19)29-10-7-26-5-8-28-9-6-26/h3-4,11-14H,5-10,15H2,1-2H3. The summed E-state index contributed by atoms with van der Waals surface area (Å²) < 4.78 is 19.4. The van der Waals surface area contributed by atoms with Gasteiger partial charge in [0.05, 0.1) is 30.3 Å². The van der Waals surface area contributed by atoms with E-state index < -0.39 is 0 Å². The van der Waals surface area contributed by atoms with E-state index in [9.17, 15) is 0 Å². The maximum Gasteiger partial charge on any atom is 0.158 e. The fourth-order valence-electron chi connectivity index (χ4n) is 3.96. The summed E-state index contributed by atoms with van der Waals surface area (Å²) in [6.45, 7) is 9.60. The fourth-order valence-corrected chi connectivity index (χ4v) is 3.96. The van der Waals surface area contributed by atoms with Gasteiger partial charge in [0.2, 0.25) is 0 Å². The highest BCUT2D eigenvalue weighted by Gasteiger charge is 2.17. The van der Waals surface area contributed by atoms with Gasteiger partial charge >= 0.3 is 0 Å². The number of hydrogen-bond acceptors (Lipinski definition) is 6. The summed E-state index contributed by atoms with van der Waals surface area (Å²) in [7, 11) is 0. The molecule has 0 radical (unpaired) electrons. The average Bonchev–Trinajstić information content (AvgIpc) is 3.18. The van der Waals surface area contributed by atoms with E-state index in [0.29, 0.717) is 13.2 Å². The minimum Gasteiger partial charge on any atom is -0.492 e. The molecule has 30 heavy (non-hydrogen) atoms. The number of imidazole rings is 1. The summed E-state index contributed by atoms with van der Waals surface area (Å²) in [5.74, 6) is 1.68. The molecule has 3 aromatic rings. The molecule has 0 N–H and O–H groups in total. The number of morpholine rings is 1. The highest BCUT2D eigenvalue weighted by molar-refractivity contribution is 5.85. The Hall–Kier alpha value is -2.90. The molecule has 0 bridgehead atoms. The van der Waals surface area contributed by atoms with E-state index in [1.807, 2.05) is 48.8 Å². The van der Waals surface area contributed by atoms with E-state index in [0.717, 1.165) is 78.2 Å². The van der Waals surface area contributed by atoms with E-state index >= 15 is 0 Å². The van der Waals surface area contributed by atoms with Crippen LogP contribution in [-0.4, -0.2) is 65.3 Å². The van der Waals surface area contributed by atoms with Crippen LogP contribution in [0.1, 0.15) is 22.6 Å². The quantitative estimate of drug-likeness (QED) is 0.649. The fraction of sp³-hybridized carbons (Fsp3) is 0.391. The molecule has 1 fully saturated rings. The average molecular weight is 406 g/mol. The van der Waals surface area contributed by atoms with Crippen LogP contribution in [-0.2, 0) is 4.74 Å². The zero-order valence-electron chi connectivity index (χ0n) is 17.4. The van der Waals surface area contributed by atoms with Crippen molar-refractivity contribution >= 4 is 17.3 Å². The zero-order chi connectivity index (χ0) is 20.5. The van der Waals surface area contributed by atoms with Gasteiger partial charge in [-0.15, -0.1) is 0 Å². The summed E-state index contributed by atoms with van der Waals surface area (Å²) in [4.78, 5) is 11.6. The molecule has 1 saturated heterocycles. The SMILES string of the molecule is Cc1cn2cc(C3=Cc4ccc(OCCN5CCOCC5)cc4OC3)nc2c(C)n1. The predicted octanol–water partition coefficient (Wildman–Crippen LogP) is 2.99. The highest BCUT2D eigenvalue weighted by Crippen LogP contribution is 2.33. The first-order valence-electron chi connectivity index (χ1n) is 10.4. The summed E-state index contributed by atoms with van der Waals surface area (Å²) in [5, 5.41) is 0. The Morgan fingerprint density at radius 3 is 2.83 bits per heavy atom. The molecule has 0 unspecified atom stereocenters. The van der Waals surface area contributed by atoms with E-state index in [1.165, 1.54) is 0 Å². The molecule has 2 aliphatic heterocycles. The predicted molar refractivity (Wildman–Crippen MR) is 115 cm³/mol. The van der Waals surface area contributed by atoms with Gasteiger partial charge < -0.3 is 18.6 Å². The van der Waals surface area contributed by atoms with Crippen LogP contribution < -0.4 is 9.47 Å². The van der Waals surface area contributed by atoms with Crippen LogP contribution in [0.4, 0.5) is 0 Å². The van der Waals surface area contributed by atoms with Crippen molar-refractivity contribution in [1.29, 1.82) is 0 Å². The molecule has 7 nitrogen and oxygen atoms in total. The van der Waals surface area contributed by atoms with Crippen molar-refractivity contribution in [1.82, 2.24) is 19.3 Å². The lowest BCUT2D eigenvalue weighted by molar-refractivity contribution is 0.0322. The lowest BCUT2D eigenvalue weighted by Gasteiger charge is -2.26. The van der Waals surface area contributed by atoms with Crippen molar-refractivity contribution in [3.05, 3.63) is 53.2 Å². The van der Waals surface area contributed by atoms with Crippen molar-refractivity contribution in [3.8, 4) is 11.5 Å². The molecule has 0 amide bonds. The van der Waals surface area contributed by atoms with Crippen LogP contribution in [0, 0.1) is 13.8 Å². The Labute approximate surface area is 175 Å². The maximum atomic E-state index is 6.04. The van der Waals surface area contributed by atoms with Crippen LogP contribution in [0.5, 0.6) is 11.5 Å². The van der Waals surface area contributed by atoms with Crippen molar-refractivity contribution in [3.63, 3.8) is 0 Å². The Morgan fingerprint density at radius 1 is 1.10 bits per heavy atom. The van der Waals surface area contributed by atoms with Gasteiger partial charge in [0.15, 0.2) is 5.65 Å². The molecule has 0 aliphatic carbocycles. The number of hydrogen-bond donors (Lipinski definition) is 0. The van der Waals surface area contributed by atoms with Gasteiger partial charge in [0.1, 0.15) is 24.7 Å². The van der Waals surface area contributed by atoms with Gasteiger partial charge in [-0.05, 0) is 32.1 Å². The third-order valence-electron chi connectivity index (χ3n) is 5.53. The van der Waals surface area contributed by atoms with E-state index in [1.54, 1.807) is 0 Å². The van der Waals surface area contributed by atoms with E-state index in [-0.39, 0.29) is 0 Å². The maximum absolute atomic E-state index is 6.04. The first-order valence-corrected chi connectivity index (χ1v) is 10.4. The first-order chi connectivity index (χ1) is 14.7. The van der Waals surface area contributed by atoms with Crippen LogP contribution in [0.2, 0.25) is 0 Å². The molecule has 0 saturated carbocycles. The Kier molecular flexibility index (Phi) is 5.14. The van der Waals surface area contributed by atoms with E-state index in [4.69, 9.17) is 19.2 Å². The molecule has 4 heterocycles. The van der Waals surface area contributed by atoms with Crippen molar-refractivity contribution < 1.29 is 14.2 Å². The second kappa shape index (κ2) is 8.08. The van der Waals surface area contributed by atoms with Crippen LogP contribution >= 0.6 is 0 Å². The Bertz CT molecular complexity index is 1100. The van der Waals surface area contributed by atoms with Gasteiger partial charge in [0, 0.05) is 49.2 Å². The van der Waals surface area contributed by atoms with Crippen molar-refractivity contribution in [2.75, 3.05) is 46.1 Å². The normalized spacial score (nSPS) is 16.8. The Morgan fingerprint density at radius 2 is 1.97 bits per heavy atom. The number of aromatic nitrogens is 3. The third-order valence-corrected chi connectivity index (χ3v) is 5.53. The third kappa shape index (κ3) is 3.91. The van der Waals surface area contributed by atoms with Gasteiger partial charge in [-0.3, -0.25) is 9.88 Å². The van der Waals surface area contributed by atoms with Crippen LogP contribution in [0.25, 0.3) is 17.3 Å². The smallest absolute Gasteiger partial charge is 0.158 e. The van der Waals surface area contributed by atoms with Gasteiger partial charge in [-0.1, -0.05) is 0 Å². The van der Waals surface area contributed by atoms with E-state index in [2.05, 4.69) is 16.0 Å². The van der Waals surface area contributed by atoms with Crippen LogP contribution in [0.15, 0.2) is 30.6 Å².